The van der Waals surface area contributed by atoms with Gasteiger partial charge in [0.05, 0.1) is 36.7 Å². The molecule has 2 aromatic rings. The van der Waals surface area contributed by atoms with Crippen molar-refractivity contribution in [1.29, 1.82) is 0 Å². The summed E-state index contributed by atoms with van der Waals surface area (Å²) in [5, 5.41) is 0.489. The van der Waals surface area contributed by atoms with Crippen molar-refractivity contribution in [2.75, 3.05) is 20.2 Å². The van der Waals surface area contributed by atoms with Gasteiger partial charge in [-0.2, -0.15) is 0 Å². The number of nitrogens with one attached hydrogen (secondary N) is 2. The third-order valence-electron chi connectivity index (χ3n) is 4.46. The number of benzene rings is 1. The summed E-state index contributed by atoms with van der Waals surface area (Å²) in [6.07, 6.45) is 2.48. The molecule has 0 spiro atoms. The van der Waals surface area contributed by atoms with E-state index >= 15 is 0 Å². The van der Waals surface area contributed by atoms with Gasteiger partial charge in [0.1, 0.15) is 6.54 Å². The Morgan fingerprint density at radius 1 is 1.48 bits per heavy atom. The second-order valence-corrected chi connectivity index (χ2v) is 6.36. The predicted octanol–water partition coefficient (Wildman–Crippen LogP) is 0.525. The van der Waals surface area contributed by atoms with Crippen LogP contribution in [-0.2, 0) is 11.3 Å². The lowest BCUT2D eigenvalue weighted by Gasteiger charge is -2.27. The minimum atomic E-state index is -0.425. The summed E-state index contributed by atoms with van der Waals surface area (Å²) < 4.78 is 4.72. The van der Waals surface area contributed by atoms with Crippen LogP contribution in [0.4, 0.5) is 0 Å². The summed E-state index contributed by atoms with van der Waals surface area (Å²) in [6, 6.07) is 4.82. The molecule has 1 fully saturated rings. The Morgan fingerprint density at radius 2 is 2.30 bits per heavy atom. The molecule has 1 saturated heterocycles. The van der Waals surface area contributed by atoms with Crippen LogP contribution in [0, 0.1) is 5.92 Å². The van der Waals surface area contributed by atoms with Gasteiger partial charge >= 0.3 is 5.97 Å². The normalized spacial score (nSPS) is 21.3. The van der Waals surface area contributed by atoms with Gasteiger partial charge in [-0.3, -0.25) is 4.79 Å². The zero-order valence-electron chi connectivity index (χ0n) is 13.5. The molecule has 1 aliphatic rings. The summed E-state index contributed by atoms with van der Waals surface area (Å²) in [5.74, 6) is 0.955. The van der Waals surface area contributed by atoms with Gasteiger partial charge in [0.2, 0.25) is 0 Å². The highest BCUT2D eigenvalue weighted by Gasteiger charge is 2.21. The van der Waals surface area contributed by atoms with Gasteiger partial charge in [-0.05, 0) is 31.0 Å². The minimum Gasteiger partial charge on any atom is -0.465 e. The summed E-state index contributed by atoms with van der Waals surface area (Å²) in [5.41, 5.74) is 0.782. The summed E-state index contributed by atoms with van der Waals surface area (Å²) >= 11 is 0. The third-order valence-corrected chi connectivity index (χ3v) is 4.46. The fraction of sp³-hybridized carbons (Fsp3) is 0.471. The van der Waals surface area contributed by atoms with E-state index in [-0.39, 0.29) is 5.56 Å². The predicted molar refractivity (Wildman–Crippen MR) is 86.5 cm³/mol. The highest BCUT2D eigenvalue weighted by molar-refractivity contribution is 5.93. The van der Waals surface area contributed by atoms with Gasteiger partial charge in [-0.15, -0.1) is 0 Å². The lowest BCUT2D eigenvalue weighted by atomic mass is 10.0. The lowest BCUT2D eigenvalue weighted by Crippen LogP contribution is -3.12. The molecule has 2 atom stereocenters. The molecular weight excluding hydrogens is 294 g/mol. The number of esters is 1. The fourth-order valence-electron chi connectivity index (χ4n) is 3.31. The average Bonchev–Trinajstić information content (AvgIpc) is 2.53. The van der Waals surface area contributed by atoms with Crippen molar-refractivity contribution < 1.29 is 14.4 Å². The van der Waals surface area contributed by atoms with Crippen molar-refractivity contribution in [3.8, 4) is 0 Å². The van der Waals surface area contributed by atoms with Crippen LogP contribution in [0.2, 0.25) is 0 Å². The number of hydrogen-bond acceptors (Lipinski definition) is 4. The van der Waals surface area contributed by atoms with Crippen molar-refractivity contribution in [3.05, 3.63) is 39.9 Å². The Labute approximate surface area is 134 Å². The first-order chi connectivity index (χ1) is 11.1. The molecule has 0 bridgehead atoms. The number of carbonyl (C=O) groups excluding carboxylic acids is 1. The van der Waals surface area contributed by atoms with E-state index in [9.17, 15) is 9.59 Å². The number of methoxy groups -OCH3 is 1. The molecule has 2 N–H and O–H groups in total. The maximum absolute atomic E-state index is 12.2. The molecule has 0 amide bonds. The van der Waals surface area contributed by atoms with Crippen LogP contribution in [0.3, 0.4) is 0 Å². The van der Waals surface area contributed by atoms with E-state index < -0.39 is 5.97 Å². The molecule has 6 heteroatoms. The van der Waals surface area contributed by atoms with Gasteiger partial charge in [-0.25, -0.2) is 9.78 Å². The first-order valence-electron chi connectivity index (χ1n) is 8.01. The van der Waals surface area contributed by atoms with Crippen LogP contribution in [-0.4, -0.2) is 36.1 Å². The van der Waals surface area contributed by atoms with Gasteiger partial charge < -0.3 is 14.6 Å². The number of carbonyl (C=O) groups is 1. The number of nitrogens with zero attached hydrogens (tertiary/aromatic N) is 1. The average molecular weight is 316 g/mol. The maximum Gasteiger partial charge on any atom is 0.337 e. The van der Waals surface area contributed by atoms with E-state index in [1.165, 1.54) is 24.9 Å². The second kappa shape index (κ2) is 6.50. The van der Waals surface area contributed by atoms with E-state index in [2.05, 4.69) is 16.9 Å². The number of quaternary nitrogens is 1. The Hall–Kier alpha value is -2.21. The number of ether oxygens (including phenoxy) is 1. The molecule has 3 rings (SSSR count). The van der Waals surface area contributed by atoms with Crippen molar-refractivity contribution in [2.45, 2.75) is 26.3 Å². The van der Waals surface area contributed by atoms with E-state index in [4.69, 9.17) is 4.74 Å². The van der Waals surface area contributed by atoms with Crippen LogP contribution in [0.25, 0.3) is 10.9 Å². The minimum absolute atomic E-state index is 0.161. The highest BCUT2D eigenvalue weighted by Crippen LogP contribution is 2.11. The molecule has 1 aliphatic heterocycles. The molecule has 23 heavy (non-hydrogen) atoms. The Bertz CT molecular complexity index is 784. The van der Waals surface area contributed by atoms with Gasteiger partial charge in [0.25, 0.3) is 5.56 Å². The van der Waals surface area contributed by atoms with Crippen LogP contribution in [0.1, 0.15) is 35.9 Å². The number of likely N-dealkylation sites (tertiary alicyclic amines) is 1. The van der Waals surface area contributed by atoms with Crippen LogP contribution < -0.4 is 10.5 Å². The largest absolute Gasteiger partial charge is 0.465 e. The van der Waals surface area contributed by atoms with Crippen LogP contribution in [0.15, 0.2) is 23.0 Å². The van der Waals surface area contributed by atoms with Crippen molar-refractivity contribution >= 4 is 16.9 Å². The van der Waals surface area contributed by atoms with Crippen molar-refractivity contribution in [3.63, 3.8) is 0 Å². The zero-order chi connectivity index (χ0) is 16.4. The van der Waals surface area contributed by atoms with Gasteiger partial charge in [0.15, 0.2) is 5.82 Å². The number of H-pyrrole nitrogens is 1. The Kier molecular flexibility index (Phi) is 4.43. The van der Waals surface area contributed by atoms with Crippen molar-refractivity contribution in [1.82, 2.24) is 9.97 Å². The monoisotopic (exact) mass is 316 g/mol. The van der Waals surface area contributed by atoms with E-state index in [1.54, 1.807) is 18.2 Å². The molecule has 2 heterocycles. The molecule has 6 nitrogen and oxygen atoms in total. The first kappa shape index (κ1) is 15.7. The smallest absolute Gasteiger partial charge is 0.337 e. The summed E-state index contributed by atoms with van der Waals surface area (Å²) in [4.78, 5) is 32.7. The molecule has 1 unspecified atom stereocenters. The van der Waals surface area contributed by atoms with Gasteiger partial charge in [-0.1, -0.05) is 6.92 Å². The number of aromatic nitrogens is 2. The van der Waals surface area contributed by atoms with Crippen molar-refractivity contribution in [2.24, 2.45) is 5.92 Å². The quantitative estimate of drug-likeness (QED) is 0.810. The molecule has 0 radical (unpaired) electrons. The maximum atomic E-state index is 12.2. The molecule has 1 aromatic carbocycles. The Balaban J connectivity index is 1.92. The molecule has 0 saturated carbocycles. The van der Waals surface area contributed by atoms with E-state index in [1.807, 2.05) is 0 Å². The molecular formula is C17H22N3O3+. The SMILES string of the molecule is COC(=O)c1ccc2c(=O)[nH]c(C[NH+]3CCC[C@@H](C)C3)nc2c1. The van der Waals surface area contributed by atoms with E-state index in [0.29, 0.717) is 34.8 Å². The first-order valence-corrected chi connectivity index (χ1v) is 8.01. The Morgan fingerprint density at radius 3 is 3.04 bits per heavy atom. The molecule has 1 aromatic heterocycles. The standard InChI is InChI=1S/C17H21N3O3/c1-11-4-3-7-20(9-11)10-15-18-14-8-12(17(22)23-2)5-6-13(14)16(21)19-15/h5-6,8,11H,3-4,7,9-10H2,1-2H3,(H,18,19,21)/p+1/t11-/m1/s1. The summed E-state index contributed by atoms with van der Waals surface area (Å²) in [7, 11) is 1.34. The lowest BCUT2D eigenvalue weighted by molar-refractivity contribution is -0.922. The topological polar surface area (TPSA) is 76.5 Å². The zero-order valence-corrected chi connectivity index (χ0v) is 13.5. The van der Waals surface area contributed by atoms with Crippen LogP contribution >= 0.6 is 0 Å². The number of piperidine rings is 1. The molecule has 0 aliphatic carbocycles. The highest BCUT2D eigenvalue weighted by atomic mass is 16.5. The van der Waals surface area contributed by atoms with Crippen LogP contribution in [0.5, 0.6) is 0 Å². The number of hydrogen-bond donors (Lipinski definition) is 2. The van der Waals surface area contributed by atoms with Gasteiger partial charge in [0, 0.05) is 5.92 Å². The third kappa shape index (κ3) is 3.42. The number of aromatic amines is 1. The molecule has 122 valence electrons. The second-order valence-electron chi connectivity index (χ2n) is 6.36. The number of fused-ring (bicyclic) bond motifs is 1. The van der Waals surface area contributed by atoms with E-state index in [0.717, 1.165) is 13.1 Å². The fourth-order valence-corrected chi connectivity index (χ4v) is 3.31. The number of rotatable bonds is 3. The summed E-state index contributed by atoms with van der Waals surface area (Å²) in [6.45, 7) is 5.18.